The quantitative estimate of drug-likeness (QED) is 0.317. The average molecular weight is 562 g/mol. The number of hydrogen-bond acceptors (Lipinski definition) is 6. The molecule has 7 nitrogen and oxygen atoms in total. The fraction of sp³-hybridized carbons (Fsp3) is 0.370. The maximum atomic E-state index is 12.3. The Bertz CT molecular complexity index is 1250. The smallest absolute Gasteiger partial charge is 0.407 e. The standard InChI is InChI=1S/C27H31ClN2O5S2/c1-3-34-27(31)29-25-10-8-20-7-9-22(16-23(20)24(25)15-19-5-4-6-21(28)14-19)35-12-11-30(37(32)33)26-13-18(2)17-36-26/h4-7,9,13-14,16-17,24-25H,3,8,10-12,15H2,1-2H3,(H,29,31)(H,32,33)/p-1. The predicted molar refractivity (Wildman–Crippen MR) is 147 cm³/mol. The number of carbonyl (C=O) groups is 1. The second-order valence-corrected chi connectivity index (χ2v) is 11.1. The van der Waals surface area contributed by atoms with Crippen LogP contribution in [-0.2, 0) is 28.8 Å². The molecule has 1 heterocycles. The summed E-state index contributed by atoms with van der Waals surface area (Å²) in [6, 6.07) is 15.5. The van der Waals surface area contributed by atoms with E-state index in [1.54, 1.807) is 6.92 Å². The second-order valence-electron chi connectivity index (χ2n) is 8.94. The molecule has 1 aliphatic carbocycles. The van der Waals surface area contributed by atoms with Crippen LogP contribution in [0.1, 0.15) is 41.5 Å². The van der Waals surface area contributed by atoms with Crippen molar-refractivity contribution in [3.05, 3.63) is 81.2 Å². The van der Waals surface area contributed by atoms with Crippen molar-refractivity contribution >= 4 is 45.3 Å². The van der Waals surface area contributed by atoms with Gasteiger partial charge in [0, 0.05) is 28.2 Å². The Morgan fingerprint density at radius 3 is 2.81 bits per heavy atom. The molecule has 3 atom stereocenters. The van der Waals surface area contributed by atoms with Crippen LogP contribution in [0.4, 0.5) is 9.80 Å². The minimum absolute atomic E-state index is 0.00471. The van der Waals surface area contributed by atoms with E-state index in [9.17, 15) is 13.6 Å². The molecule has 3 aromatic rings. The Balaban J connectivity index is 1.53. The highest BCUT2D eigenvalue weighted by atomic mass is 35.5. The molecule has 2 aromatic carbocycles. The van der Waals surface area contributed by atoms with Gasteiger partial charge in [-0.05, 0) is 91.1 Å². The lowest BCUT2D eigenvalue weighted by atomic mass is 9.76. The number of hydrogen-bond donors (Lipinski definition) is 1. The van der Waals surface area contributed by atoms with Gasteiger partial charge in [0.1, 0.15) is 17.4 Å². The van der Waals surface area contributed by atoms with E-state index in [4.69, 9.17) is 21.1 Å². The molecule has 0 saturated carbocycles. The lowest BCUT2D eigenvalue weighted by molar-refractivity contribution is 0.144. The van der Waals surface area contributed by atoms with Crippen molar-refractivity contribution in [2.45, 2.75) is 45.1 Å². The predicted octanol–water partition coefficient (Wildman–Crippen LogP) is 5.78. The topological polar surface area (TPSA) is 90.9 Å². The van der Waals surface area contributed by atoms with Gasteiger partial charge >= 0.3 is 6.09 Å². The molecule has 0 bridgehead atoms. The molecule has 10 heteroatoms. The lowest BCUT2D eigenvalue weighted by Crippen LogP contribution is -2.43. The zero-order valence-corrected chi connectivity index (χ0v) is 23.2. The zero-order valence-electron chi connectivity index (χ0n) is 20.8. The van der Waals surface area contributed by atoms with Crippen molar-refractivity contribution in [3.63, 3.8) is 0 Å². The first kappa shape index (κ1) is 27.4. The lowest BCUT2D eigenvalue weighted by Gasteiger charge is -2.34. The molecule has 0 saturated heterocycles. The number of nitrogens with one attached hydrogen (secondary N) is 1. The molecule has 198 valence electrons. The molecule has 4 rings (SSSR count). The molecule has 1 aliphatic rings. The average Bonchev–Trinajstić information content (AvgIpc) is 3.29. The summed E-state index contributed by atoms with van der Waals surface area (Å²) in [5.74, 6) is 0.653. The third-order valence-electron chi connectivity index (χ3n) is 6.36. The molecule has 37 heavy (non-hydrogen) atoms. The Labute approximate surface area is 229 Å². The van der Waals surface area contributed by atoms with Crippen LogP contribution in [0.15, 0.2) is 53.9 Å². The fourth-order valence-corrected chi connectivity index (χ4v) is 6.47. The number of ether oxygens (including phenoxy) is 2. The van der Waals surface area contributed by atoms with Crippen LogP contribution in [-0.4, -0.2) is 40.7 Å². The third kappa shape index (κ3) is 7.25. The van der Waals surface area contributed by atoms with Crippen LogP contribution in [0.3, 0.4) is 0 Å². The van der Waals surface area contributed by atoms with Crippen molar-refractivity contribution < 1.29 is 23.0 Å². The number of alkyl carbamates (subject to hydrolysis) is 1. The van der Waals surface area contributed by atoms with E-state index in [0.29, 0.717) is 28.8 Å². The van der Waals surface area contributed by atoms with Gasteiger partial charge in [-0.15, -0.1) is 11.3 Å². The molecule has 0 spiro atoms. The Kier molecular flexibility index (Phi) is 9.48. The number of thiophene rings is 1. The van der Waals surface area contributed by atoms with Crippen molar-refractivity contribution in [1.82, 2.24) is 5.32 Å². The maximum absolute atomic E-state index is 12.3. The molecule has 3 unspecified atom stereocenters. The van der Waals surface area contributed by atoms with Gasteiger partial charge in [0.25, 0.3) is 0 Å². The Morgan fingerprint density at radius 2 is 2.11 bits per heavy atom. The first-order valence-electron chi connectivity index (χ1n) is 12.2. The van der Waals surface area contributed by atoms with Crippen molar-refractivity contribution in [2.24, 2.45) is 0 Å². The van der Waals surface area contributed by atoms with E-state index in [1.165, 1.54) is 21.2 Å². The third-order valence-corrected chi connectivity index (χ3v) is 8.52. The number of rotatable bonds is 10. The SMILES string of the molecule is CCOC(=O)NC1CCc2ccc(OCCN(c3cc(C)cs3)S(=O)[O-])cc2C1Cc1cccc(Cl)c1. The summed E-state index contributed by atoms with van der Waals surface area (Å²) in [6.07, 6.45) is 1.88. The number of nitrogens with zero attached hydrogens (tertiary/aromatic N) is 1. The van der Waals surface area contributed by atoms with E-state index >= 15 is 0 Å². The van der Waals surface area contributed by atoms with Crippen LogP contribution < -0.4 is 14.4 Å². The van der Waals surface area contributed by atoms with E-state index in [0.717, 1.165) is 29.5 Å². The van der Waals surface area contributed by atoms with Crippen molar-refractivity contribution in [3.8, 4) is 5.75 Å². The molecular weight excluding hydrogens is 532 g/mol. The molecule has 0 radical (unpaired) electrons. The molecule has 1 N–H and O–H groups in total. The normalized spacial score (nSPS) is 17.5. The first-order valence-corrected chi connectivity index (χ1v) is 14.5. The summed E-state index contributed by atoms with van der Waals surface area (Å²) in [4.78, 5) is 12.3. The summed E-state index contributed by atoms with van der Waals surface area (Å²) in [7, 11) is 0. The highest BCUT2D eigenvalue weighted by Crippen LogP contribution is 2.37. The number of halogens is 1. The monoisotopic (exact) mass is 561 g/mol. The summed E-state index contributed by atoms with van der Waals surface area (Å²) in [6.45, 7) is 4.42. The number of carbonyl (C=O) groups excluding carboxylic acids is 1. The van der Waals surface area contributed by atoms with Gasteiger partial charge < -0.3 is 19.3 Å². The number of fused-ring (bicyclic) bond motifs is 1. The number of amides is 1. The van der Waals surface area contributed by atoms with Gasteiger partial charge in [0.05, 0.1) is 13.2 Å². The highest BCUT2D eigenvalue weighted by Gasteiger charge is 2.31. The summed E-state index contributed by atoms with van der Waals surface area (Å²) in [5.41, 5.74) is 4.40. The van der Waals surface area contributed by atoms with E-state index in [1.807, 2.05) is 54.8 Å². The van der Waals surface area contributed by atoms with E-state index in [2.05, 4.69) is 11.4 Å². The van der Waals surface area contributed by atoms with Gasteiger partial charge in [-0.25, -0.2) is 4.79 Å². The van der Waals surface area contributed by atoms with Crippen LogP contribution in [0.2, 0.25) is 5.02 Å². The Morgan fingerprint density at radius 1 is 1.27 bits per heavy atom. The van der Waals surface area contributed by atoms with Gasteiger partial charge in [-0.1, -0.05) is 29.8 Å². The largest absolute Gasteiger partial charge is 0.755 e. The fourth-order valence-electron chi connectivity index (χ4n) is 4.68. The number of aryl methyl sites for hydroxylation is 2. The van der Waals surface area contributed by atoms with Crippen LogP contribution >= 0.6 is 22.9 Å². The summed E-state index contributed by atoms with van der Waals surface area (Å²) in [5, 5.41) is 6.29. The molecule has 0 fully saturated rings. The van der Waals surface area contributed by atoms with Crippen LogP contribution in [0.25, 0.3) is 0 Å². The summed E-state index contributed by atoms with van der Waals surface area (Å²) >= 11 is 5.24. The van der Waals surface area contributed by atoms with Gasteiger partial charge in [0.2, 0.25) is 0 Å². The highest BCUT2D eigenvalue weighted by molar-refractivity contribution is 7.80. The molecule has 1 amide bonds. The number of anilines is 1. The van der Waals surface area contributed by atoms with Crippen LogP contribution in [0, 0.1) is 6.92 Å². The van der Waals surface area contributed by atoms with E-state index in [-0.39, 0.29) is 25.1 Å². The summed E-state index contributed by atoms with van der Waals surface area (Å²) < 4.78 is 36.0. The van der Waals surface area contributed by atoms with Crippen molar-refractivity contribution in [2.75, 3.05) is 24.1 Å². The van der Waals surface area contributed by atoms with E-state index < -0.39 is 17.4 Å². The van der Waals surface area contributed by atoms with Gasteiger partial charge in [-0.2, -0.15) is 0 Å². The minimum atomic E-state index is -2.39. The minimum Gasteiger partial charge on any atom is -0.755 e. The van der Waals surface area contributed by atoms with Crippen LogP contribution in [0.5, 0.6) is 5.75 Å². The van der Waals surface area contributed by atoms with Gasteiger partial charge in [-0.3, -0.25) is 8.51 Å². The molecular formula is C27H30ClN2O5S2-. The molecule has 1 aromatic heterocycles. The maximum Gasteiger partial charge on any atom is 0.407 e. The van der Waals surface area contributed by atoms with Crippen molar-refractivity contribution in [1.29, 1.82) is 0 Å². The zero-order chi connectivity index (χ0) is 26.4. The second kappa shape index (κ2) is 12.8. The van der Waals surface area contributed by atoms with Gasteiger partial charge in [0.15, 0.2) is 0 Å². The number of benzene rings is 2. The first-order chi connectivity index (χ1) is 17.8. The molecule has 0 aliphatic heterocycles. The Hall–Kier alpha value is -2.59.